The van der Waals surface area contributed by atoms with Crippen LogP contribution in [0.2, 0.25) is 0 Å². The molecule has 0 bridgehead atoms. The van der Waals surface area contributed by atoms with Crippen molar-refractivity contribution in [2.24, 2.45) is 0 Å². The van der Waals surface area contributed by atoms with Crippen molar-refractivity contribution in [3.8, 4) is 21.1 Å². The fourth-order valence-electron chi connectivity index (χ4n) is 4.92. The Hall–Kier alpha value is -2.18. The van der Waals surface area contributed by atoms with Gasteiger partial charge in [-0.25, -0.2) is 0 Å². The summed E-state index contributed by atoms with van der Waals surface area (Å²) in [5, 5.41) is 24.8. The van der Waals surface area contributed by atoms with Crippen LogP contribution in [-0.4, -0.2) is 20.4 Å². The second-order valence-electron chi connectivity index (χ2n) is 10.5. The molecule has 2 heterocycles. The van der Waals surface area contributed by atoms with Crippen molar-refractivity contribution < 1.29 is 0 Å². The molecule has 204 valence electrons. The molecule has 38 heavy (non-hydrogen) atoms. The molecule has 0 saturated carbocycles. The number of hydrogen-bond acceptors (Lipinski definition) is 6. The zero-order chi connectivity index (χ0) is 26.4. The Morgan fingerprint density at radius 1 is 0.474 bits per heavy atom. The van der Waals surface area contributed by atoms with Crippen LogP contribution < -0.4 is 0 Å². The number of unbranched alkanes of at least 4 members (excludes halogenated alkanes) is 12. The smallest absolute Gasteiger partial charge is 0.143 e. The Bertz CT molecular complexity index is 1130. The predicted octanol–water partition coefficient (Wildman–Crippen LogP) is 10.5. The van der Waals surface area contributed by atoms with E-state index in [-0.39, 0.29) is 0 Å². The van der Waals surface area contributed by atoms with Gasteiger partial charge in [0.05, 0.1) is 0 Å². The Morgan fingerprint density at radius 3 is 1.29 bits per heavy atom. The van der Waals surface area contributed by atoms with Crippen LogP contribution in [0.25, 0.3) is 31.9 Å². The molecular weight excluding hydrogens is 505 g/mol. The van der Waals surface area contributed by atoms with Crippen LogP contribution in [0.4, 0.5) is 0 Å². The number of aromatic nitrogens is 4. The molecule has 2 aromatic heterocycles. The van der Waals surface area contributed by atoms with Crippen molar-refractivity contribution in [3.05, 3.63) is 46.4 Å². The lowest BCUT2D eigenvalue weighted by Gasteiger charge is -2.03. The monoisotopic (exact) mass is 548 g/mol. The summed E-state index contributed by atoms with van der Waals surface area (Å²) in [5.74, 6) is 0. The molecule has 0 saturated heterocycles. The van der Waals surface area contributed by atoms with Crippen LogP contribution in [0.15, 0.2) is 36.4 Å². The largest absolute Gasteiger partial charge is 0.147 e. The molecule has 4 rings (SSSR count). The first-order valence-corrected chi connectivity index (χ1v) is 16.6. The summed E-state index contributed by atoms with van der Waals surface area (Å²) < 4.78 is 0. The van der Waals surface area contributed by atoms with Gasteiger partial charge in [0.15, 0.2) is 0 Å². The molecular formula is C32H44N4S2. The van der Waals surface area contributed by atoms with Crippen LogP contribution in [0.1, 0.15) is 114 Å². The van der Waals surface area contributed by atoms with Crippen molar-refractivity contribution in [2.45, 2.75) is 117 Å². The Morgan fingerprint density at radius 2 is 0.868 bits per heavy atom. The van der Waals surface area contributed by atoms with E-state index < -0.39 is 0 Å². The van der Waals surface area contributed by atoms with Gasteiger partial charge < -0.3 is 0 Å². The highest BCUT2D eigenvalue weighted by Gasteiger charge is 2.10. The second-order valence-corrected chi connectivity index (χ2v) is 12.6. The van der Waals surface area contributed by atoms with Crippen molar-refractivity contribution in [1.82, 2.24) is 20.4 Å². The van der Waals surface area contributed by atoms with E-state index in [1.807, 2.05) is 0 Å². The van der Waals surface area contributed by atoms with Gasteiger partial charge in [-0.3, -0.25) is 0 Å². The molecule has 0 aliphatic heterocycles. The fourth-order valence-corrected chi connectivity index (χ4v) is 6.68. The van der Waals surface area contributed by atoms with Gasteiger partial charge in [0.1, 0.15) is 20.0 Å². The molecule has 0 unspecified atom stereocenters. The third-order valence-corrected chi connectivity index (χ3v) is 9.32. The van der Waals surface area contributed by atoms with Crippen molar-refractivity contribution in [2.75, 3.05) is 0 Å². The van der Waals surface area contributed by atoms with Crippen LogP contribution in [0, 0.1) is 0 Å². The number of rotatable bonds is 18. The standard InChI is InChI=1S/C32H44N4S2/c1-3-5-7-9-11-13-15-17-29-33-35-31(37-29)27-21-19-26-24-28(22-20-25(26)23-27)32-36-34-30(38-32)18-16-14-12-10-8-6-4-2/h19-24H,3-18H2,1-2H3. The van der Waals surface area contributed by atoms with Crippen molar-refractivity contribution in [1.29, 1.82) is 0 Å². The van der Waals surface area contributed by atoms with E-state index >= 15 is 0 Å². The average Bonchev–Trinajstić information content (AvgIpc) is 3.62. The summed E-state index contributed by atoms with van der Waals surface area (Å²) in [5.41, 5.74) is 2.31. The van der Waals surface area contributed by atoms with Crippen LogP contribution in [0.5, 0.6) is 0 Å². The van der Waals surface area contributed by atoms with Gasteiger partial charge in [0.2, 0.25) is 0 Å². The van der Waals surface area contributed by atoms with E-state index in [4.69, 9.17) is 0 Å². The SMILES string of the molecule is CCCCCCCCCc1nnc(-c2ccc3cc(-c4nnc(CCCCCCCCC)s4)ccc3c2)s1. The topological polar surface area (TPSA) is 51.6 Å². The molecule has 4 aromatic rings. The zero-order valence-corrected chi connectivity index (χ0v) is 25.0. The third kappa shape index (κ3) is 8.94. The molecule has 0 aliphatic carbocycles. The Kier molecular flexibility index (Phi) is 12.2. The highest BCUT2D eigenvalue weighted by molar-refractivity contribution is 7.15. The Balaban J connectivity index is 1.28. The number of fused-ring (bicyclic) bond motifs is 1. The summed E-state index contributed by atoms with van der Waals surface area (Å²) >= 11 is 3.49. The first kappa shape index (κ1) is 28.8. The van der Waals surface area contributed by atoms with Crippen LogP contribution in [-0.2, 0) is 12.8 Å². The number of hydrogen-bond donors (Lipinski definition) is 0. The lowest BCUT2D eigenvalue weighted by atomic mass is 10.0. The normalized spacial score (nSPS) is 11.5. The van der Waals surface area contributed by atoms with Gasteiger partial charge in [0, 0.05) is 24.0 Å². The summed E-state index contributed by atoms with van der Waals surface area (Å²) in [6.07, 6.45) is 20.7. The maximum absolute atomic E-state index is 4.50. The summed E-state index contributed by atoms with van der Waals surface area (Å²) in [6, 6.07) is 13.2. The lowest BCUT2D eigenvalue weighted by molar-refractivity contribution is 0.588. The minimum atomic E-state index is 1.02. The van der Waals surface area contributed by atoms with Gasteiger partial charge in [-0.1, -0.05) is 138 Å². The molecule has 2 aromatic carbocycles. The maximum Gasteiger partial charge on any atom is 0.147 e. The molecule has 6 heteroatoms. The minimum absolute atomic E-state index is 1.02. The van der Waals surface area contributed by atoms with Gasteiger partial charge in [-0.05, 0) is 35.7 Å². The lowest BCUT2D eigenvalue weighted by Crippen LogP contribution is -1.85. The quantitative estimate of drug-likeness (QED) is 0.116. The van der Waals surface area contributed by atoms with E-state index in [0.29, 0.717) is 0 Å². The molecule has 0 spiro atoms. The maximum atomic E-state index is 4.50. The first-order chi connectivity index (χ1) is 18.8. The molecule has 0 aliphatic rings. The van der Waals surface area contributed by atoms with Gasteiger partial charge in [-0.2, -0.15) is 0 Å². The molecule has 0 N–H and O–H groups in total. The van der Waals surface area contributed by atoms with Gasteiger partial charge >= 0.3 is 0 Å². The van der Waals surface area contributed by atoms with Crippen molar-refractivity contribution in [3.63, 3.8) is 0 Å². The van der Waals surface area contributed by atoms with E-state index in [0.717, 1.165) is 44.0 Å². The van der Waals surface area contributed by atoms with E-state index in [2.05, 4.69) is 70.6 Å². The minimum Gasteiger partial charge on any atom is -0.143 e. The highest BCUT2D eigenvalue weighted by atomic mass is 32.1. The predicted molar refractivity (Wildman–Crippen MR) is 165 cm³/mol. The first-order valence-electron chi connectivity index (χ1n) is 15.0. The number of benzene rings is 2. The molecule has 0 amide bonds. The Labute approximate surface area is 237 Å². The third-order valence-electron chi connectivity index (χ3n) is 7.26. The summed E-state index contributed by atoms with van der Waals surface area (Å²) in [7, 11) is 0. The van der Waals surface area contributed by atoms with Gasteiger partial charge in [0.25, 0.3) is 0 Å². The van der Waals surface area contributed by atoms with E-state index in [9.17, 15) is 0 Å². The van der Waals surface area contributed by atoms with Gasteiger partial charge in [-0.15, -0.1) is 20.4 Å². The molecule has 0 atom stereocenters. The van der Waals surface area contributed by atoms with Crippen LogP contribution >= 0.6 is 22.7 Å². The van der Waals surface area contributed by atoms with E-state index in [1.54, 1.807) is 22.7 Å². The summed E-state index contributed by atoms with van der Waals surface area (Å²) in [4.78, 5) is 0. The summed E-state index contributed by atoms with van der Waals surface area (Å²) in [6.45, 7) is 4.54. The fraction of sp³-hybridized carbons (Fsp3) is 0.562. The second kappa shape index (κ2) is 16.0. The number of nitrogens with zero attached hydrogens (tertiary/aromatic N) is 4. The van der Waals surface area contributed by atoms with E-state index in [1.165, 1.54) is 101 Å². The zero-order valence-electron chi connectivity index (χ0n) is 23.4. The average molecular weight is 549 g/mol. The number of aryl methyl sites for hydroxylation is 2. The van der Waals surface area contributed by atoms with Crippen LogP contribution in [0.3, 0.4) is 0 Å². The molecule has 0 radical (unpaired) electrons. The molecule has 0 fully saturated rings. The highest BCUT2D eigenvalue weighted by Crippen LogP contribution is 2.31. The molecule has 4 nitrogen and oxygen atoms in total. The van der Waals surface area contributed by atoms with Crippen molar-refractivity contribution >= 4 is 33.4 Å².